The van der Waals surface area contributed by atoms with Crippen LogP contribution >= 0.6 is 0 Å². The second kappa shape index (κ2) is 5.07. The summed E-state index contributed by atoms with van der Waals surface area (Å²) in [6.07, 6.45) is 1.77. The maximum atomic E-state index is 11.5. The zero-order valence-electron chi connectivity index (χ0n) is 11.7. The fraction of sp³-hybridized carbons (Fsp3) is 0.571. The maximum absolute atomic E-state index is 11.5. The lowest BCUT2D eigenvalue weighted by Gasteiger charge is -2.37. The van der Waals surface area contributed by atoms with Crippen LogP contribution in [0.5, 0.6) is 0 Å². The molecule has 2 heterocycles. The Bertz CT molecular complexity index is 442. The molecular formula is C14H21N3O2. The van der Waals surface area contributed by atoms with Gasteiger partial charge in [0.2, 0.25) is 0 Å². The highest BCUT2D eigenvalue weighted by Crippen LogP contribution is 2.26. The van der Waals surface area contributed by atoms with Gasteiger partial charge in [0.1, 0.15) is 5.82 Å². The molecule has 0 aromatic carbocycles. The Balaban J connectivity index is 2.11. The molecule has 1 aromatic heterocycles. The number of rotatable bonds is 2. The van der Waals surface area contributed by atoms with Crippen LogP contribution in [0.3, 0.4) is 0 Å². The lowest BCUT2D eigenvalue weighted by Crippen LogP contribution is -2.52. The van der Waals surface area contributed by atoms with Crippen molar-refractivity contribution in [3.8, 4) is 0 Å². The number of nitrogens with zero attached hydrogens (tertiary/aromatic N) is 3. The van der Waals surface area contributed by atoms with Crippen LogP contribution in [-0.2, 0) is 0 Å². The van der Waals surface area contributed by atoms with Gasteiger partial charge in [-0.25, -0.2) is 9.78 Å². The second-order valence-electron chi connectivity index (χ2n) is 5.90. The predicted molar refractivity (Wildman–Crippen MR) is 74.5 cm³/mol. The Hall–Kier alpha value is -1.78. The number of amides is 1. The monoisotopic (exact) mass is 263 g/mol. The van der Waals surface area contributed by atoms with Crippen LogP contribution in [0.4, 0.5) is 10.6 Å². The summed E-state index contributed by atoms with van der Waals surface area (Å²) in [7, 11) is 0. The van der Waals surface area contributed by atoms with E-state index in [4.69, 9.17) is 0 Å². The molecule has 5 nitrogen and oxygen atoms in total. The first kappa shape index (κ1) is 13.6. The van der Waals surface area contributed by atoms with Gasteiger partial charge in [-0.15, -0.1) is 0 Å². The molecule has 0 radical (unpaired) electrons. The van der Waals surface area contributed by atoms with E-state index in [0.29, 0.717) is 6.54 Å². The Labute approximate surface area is 113 Å². The molecule has 1 aromatic rings. The highest BCUT2D eigenvalue weighted by Gasteiger charge is 2.37. The van der Waals surface area contributed by atoms with E-state index in [1.807, 2.05) is 39.0 Å². The van der Waals surface area contributed by atoms with Crippen molar-refractivity contribution in [1.29, 1.82) is 0 Å². The fourth-order valence-electron chi connectivity index (χ4n) is 2.69. The Morgan fingerprint density at radius 2 is 2.21 bits per heavy atom. The second-order valence-corrected chi connectivity index (χ2v) is 5.90. The molecule has 0 bridgehead atoms. The van der Waals surface area contributed by atoms with E-state index in [-0.39, 0.29) is 11.6 Å². The van der Waals surface area contributed by atoms with E-state index < -0.39 is 6.09 Å². The molecule has 1 atom stereocenters. The van der Waals surface area contributed by atoms with Crippen LogP contribution in [0, 0.1) is 0 Å². The van der Waals surface area contributed by atoms with Crippen LogP contribution in [0.2, 0.25) is 0 Å². The smallest absolute Gasteiger partial charge is 0.408 e. The summed E-state index contributed by atoms with van der Waals surface area (Å²) in [4.78, 5) is 19.5. The average Bonchev–Trinajstić information content (AvgIpc) is 2.77. The van der Waals surface area contributed by atoms with E-state index in [1.54, 1.807) is 11.1 Å². The summed E-state index contributed by atoms with van der Waals surface area (Å²) in [6, 6.07) is 5.83. The zero-order chi connectivity index (χ0) is 14.0. The lowest BCUT2D eigenvalue weighted by molar-refractivity contribution is 0.0763. The molecule has 104 valence electrons. The first-order chi connectivity index (χ1) is 8.89. The highest BCUT2D eigenvalue weighted by atomic mass is 16.4. The van der Waals surface area contributed by atoms with E-state index in [1.165, 1.54) is 0 Å². The van der Waals surface area contributed by atoms with E-state index in [2.05, 4.69) is 9.88 Å². The molecule has 1 aliphatic heterocycles. The highest BCUT2D eigenvalue weighted by molar-refractivity contribution is 5.67. The minimum atomic E-state index is -0.847. The lowest BCUT2D eigenvalue weighted by atomic mass is 10.0. The third kappa shape index (κ3) is 2.97. The van der Waals surface area contributed by atoms with E-state index in [9.17, 15) is 9.90 Å². The van der Waals surface area contributed by atoms with Crippen molar-refractivity contribution in [2.75, 3.05) is 18.0 Å². The van der Waals surface area contributed by atoms with Crippen molar-refractivity contribution in [3.05, 3.63) is 24.4 Å². The molecule has 2 rings (SSSR count). The molecule has 1 aliphatic rings. The fourth-order valence-corrected chi connectivity index (χ4v) is 2.69. The zero-order valence-corrected chi connectivity index (χ0v) is 11.7. The first-order valence-electron chi connectivity index (χ1n) is 6.58. The number of aromatic nitrogens is 1. The third-order valence-corrected chi connectivity index (χ3v) is 3.43. The van der Waals surface area contributed by atoms with Crippen LogP contribution in [0.15, 0.2) is 24.4 Å². The van der Waals surface area contributed by atoms with Gasteiger partial charge < -0.3 is 10.0 Å². The predicted octanol–water partition coefficient (Wildman–Crippen LogP) is 2.44. The van der Waals surface area contributed by atoms with Crippen LogP contribution < -0.4 is 4.90 Å². The first-order valence-corrected chi connectivity index (χ1v) is 6.58. The van der Waals surface area contributed by atoms with Crippen LogP contribution in [-0.4, -0.2) is 45.8 Å². The number of hydrogen-bond acceptors (Lipinski definition) is 3. The summed E-state index contributed by atoms with van der Waals surface area (Å²) >= 11 is 0. The Morgan fingerprint density at radius 1 is 1.47 bits per heavy atom. The van der Waals surface area contributed by atoms with Gasteiger partial charge in [0.05, 0.1) is 6.04 Å². The van der Waals surface area contributed by atoms with Gasteiger partial charge >= 0.3 is 6.09 Å². The molecule has 0 aliphatic carbocycles. The van der Waals surface area contributed by atoms with E-state index >= 15 is 0 Å². The molecule has 1 saturated heterocycles. The minimum absolute atomic E-state index is 0.0273. The van der Waals surface area contributed by atoms with Gasteiger partial charge in [-0.1, -0.05) is 6.07 Å². The normalized spacial score (nSPS) is 19.5. The van der Waals surface area contributed by atoms with Gasteiger partial charge in [-0.2, -0.15) is 0 Å². The number of pyridine rings is 1. The van der Waals surface area contributed by atoms with Crippen molar-refractivity contribution in [1.82, 2.24) is 9.88 Å². The molecule has 5 heteroatoms. The van der Waals surface area contributed by atoms with Crippen LogP contribution in [0.25, 0.3) is 0 Å². The number of hydrogen-bond donors (Lipinski definition) is 1. The SMILES string of the molecule is CC(C)(C)N(C(=O)O)C1CCN(c2ccccn2)C1. The van der Waals surface area contributed by atoms with Crippen LogP contribution in [0.1, 0.15) is 27.2 Å². The molecule has 1 amide bonds. The molecule has 1 unspecified atom stereocenters. The summed E-state index contributed by atoms with van der Waals surface area (Å²) in [5.74, 6) is 0.921. The molecule has 1 N–H and O–H groups in total. The maximum Gasteiger partial charge on any atom is 0.408 e. The van der Waals surface area contributed by atoms with Crippen molar-refractivity contribution in [2.45, 2.75) is 38.8 Å². The summed E-state index contributed by atoms with van der Waals surface area (Å²) in [5.41, 5.74) is -0.378. The largest absolute Gasteiger partial charge is 0.465 e. The summed E-state index contributed by atoms with van der Waals surface area (Å²) in [6.45, 7) is 7.36. The molecule has 0 spiro atoms. The quantitative estimate of drug-likeness (QED) is 0.890. The van der Waals surface area contributed by atoms with Gasteiger partial charge in [0, 0.05) is 24.8 Å². The Morgan fingerprint density at radius 3 is 2.74 bits per heavy atom. The minimum Gasteiger partial charge on any atom is -0.465 e. The molecule has 1 fully saturated rings. The van der Waals surface area contributed by atoms with Gasteiger partial charge in [-0.05, 0) is 39.3 Å². The third-order valence-electron chi connectivity index (χ3n) is 3.43. The average molecular weight is 263 g/mol. The molecular weight excluding hydrogens is 242 g/mol. The van der Waals surface area contributed by atoms with Gasteiger partial charge in [0.15, 0.2) is 0 Å². The van der Waals surface area contributed by atoms with E-state index in [0.717, 1.165) is 18.8 Å². The molecule has 0 saturated carbocycles. The number of carbonyl (C=O) groups is 1. The van der Waals surface area contributed by atoms with Crippen molar-refractivity contribution < 1.29 is 9.90 Å². The van der Waals surface area contributed by atoms with Gasteiger partial charge in [-0.3, -0.25) is 4.90 Å². The Kier molecular flexibility index (Phi) is 3.64. The standard InChI is InChI=1S/C14H21N3O2/c1-14(2,3)17(13(18)19)11-7-9-16(10-11)12-6-4-5-8-15-12/h4-6,8,11H,7,9-10H2,1-3H3,(H,18,19). The van der Waals surface area contributed by atoms with Crippen molar-refractivity contribution in [2.24, 2.45) is 0 Å². The van der Waals surface area contributed by atoms with Gasteiger partial charge in [0.25, 0.3) is 0 Å². The number of carboxylic acid groups (broad SMARTS) is 1. The number of anilines is 1. The summed E-state index contributed by atoms with van der Waals surface area (Å²) < 4.78 is 0. The van der Waals surface area contributed by atoms with Crippen molar-refractivity contribution in [3.63, 3.8) is 0 Å². The molecule has 19 heavy (non-hydrogen) atoms. The van der Waals surface area contributed by atoms with Crippen molar-refractivity contribution >= 4 is 11.9 Å². The topological polar surface area (TPSA) is 56.7 Å². The summed E-state index contributed by atoms with van der Waals surface area (Å²) in [5, 5.41) is 9.42.